The number of nitrogens with one attached hydrogen (secondary N) is 1. The molecule has 10 heteroatoms. The van der Waals surface area contributed by atoms with Gasteiger partial charge in [0.2, 0.25) is 0 Å². The molecule has 0 aliphatic rings. The lowest BCUT2D eigenvalue weighted by Gasteiger charge is -2.11. The van der Waals surface area contributed by atoms with E-state index >= 15 is 0 Å². The fourth-order valence-electron chi connectivity index (χ4n) is 2.74. The minimum Gasteiger partial charge on any atom is -0.493 e. The Morgan fingerprint density at radius 2 is 1.70 bits per heavy atom. The van der Waals surface area contributed by atoms with Crippen molar-refractivity contribution in [1.82, 2.24) is 4.83 Å². The van der Waals surface area contributed by atoms with E-state index < -0.39 is 16.0 Å². The number of halogens is 1. The Morgan fingerprint density at radius 3 is 2.33 bits per heavy atom. The molecule has 0 aliphatic heterocycles. The van der Waals surface area contributed by atoms with Crippen LogP contribution in [0.5, 0.6) is 11.5 Å². The fraction of sp³-hybridized carbons (Fsp3) is 0.130. The minimum absolute atomic E-state index is 0.101. The molecular formula is C23H21BrN2O6S. The Morgan fingerprint density at radius 1 is 1.00 bits per heavy atom. The van der Waals surface area contributed by atoms with Crippen LogP contribution in [0.15, 0.2) is 81.2 Å². The summed E-state index contributed by atoms with van der Waals surface area (Å²) in [6.45, 7) is 0.262. The molecule has 8 nitrogen and oxygen atoms in total. The lowest BCUT2D eigenvalue weighted by Crippen LogP contribution is -2.18. The van der Waals surface area contributed by atoms with E-state index in [1.54, 1.807) is 54.6 Å². The lowest BCUT2D eigenvalue weighted by molar-refractivity contribution is 0.0600. The van der Waals surface area contributed by atoms with Gasteiger partial charge in [-0.1, -0.05) is 28.1 Å². The maximum Gasteiger partial charge on any atom is 0.337 e. The number of sulfonamides is 1. The van der Waals surface area contributed by atoms with Crippen molar-refractivity contribution in [2.75, 3.05) is 14.2 Å². The van der Waals surface area contributed by atoms with Gasteiger partial charge in [-0.05, 0) is 65.7 Å². The van der Waals surface area contributed by atoms with Crippen molar-refractivity contribution in [1.29, 1.82) is 0 Å². The first kappa shape index (κ1) is 24.3. The first-order valence-electron chi connectivity index (χ1n) is 9.61. The summed E-state index contributed by atoms with van der Waals surface area (Å²) in [4.78, 5) is 13.8. The molecule has 0 aromatic heterocycles. The monoisotopic (exact) mass is 532 g/mol. The zero-order chi connectivity index (χ0) is 23.8. The van der Waals surface area contributed by atoms with Crippen molar-refractivity contribution >= 4 is 38.1 Å². The van der Waals surface area contributed by atoms with Crippen molar-refractivity contribution in [3.8, 4) is 11.5 Å². The molecule has 0 amide bonds. The molecule has 3 aromatic carbocycles. The largest absolute Gasteiger partial charge is 0.493 e. The van der Waals surface area contributed by atoms with Crippen LogP contribution >= 0.6 is 15.9 Å². The second-order valence-electron chi connectivity index (χ2n) is 6.69. The van der Waals surface area contributed by atoms with Crippen LogP contribution in [0.25, 0.3) is 0 Å². The number of carbonyl (C=O) groups is 1. The minimum atomic E-state index is -3.77. The van der Waals surface area contributed by atoms with Crippen LogP contribution in [0.1, 0.15) is 21.5 Å². The van der Waals surface area contributed by atoms with Gasteiger partial charge in [0.05, 0.1) is 30.9 Å². The molecule has 0 saturated carbocycles. The molecule has 0 unspecified atom stereocenters. The van der Waals surface area contributed by atoms with Crippen molar-refractivity contribution in [2.24, 2.45) is 5.10 Å². The fourth-order valence-corrected chi connectivity index (χ4v) is 3.79. The standard InChI is InChI=1S/C23H21BrN2O6S/c1-30-22-13-17(14-25-26-33(28,29)20-10-8-19(24)9-11-20)5-12-21(22)32-15-16-3-6-18(7-4-16)23(27)31-2/h3-14,26H,15H2,1-2H3. The van der Waals surface area contributed by atoms with Gasteiger partial charge in [-0.3, -0.25) is 0 Å². The van der Waals surface area contributed by atoms with Gasteiger partial charge in [0, 0.05) is 4.47 Å². The van der Waals surface area contributed by atoms with Gasteiger partial charge in [-0.2, -0.15) is 13.5 Å². The third-order valence-electron chi connectivity index (χ3n) is 4.47. The summed E-state index contributed by atoms with van der Waals surface area (Å²) in [6.07, 6.45) is 1.37. The molecule has 1 N–H and O–H groups in total. The number of ether oxygens (including phenoxy) is 3. The second kappa shape index (κ2) is 11.0. The molecule has 0 atom stereocenters. The highest BCUT2D eigenvalue weighted by Crippen LogP contribution is 2.28. The van der Waals surface area contributed by atoms with Crippen LogP contribution in [0.4, 0.5) is 0 Å². The Balaban J connectivity index is 1.64. The molecular weight excluding hydrogens is 512 g/mol. The summed E-state index contributed by atoms with van der Waals surface area (Å²) in [5.74, 6) is 0.559. The number of benzene rings is 3. The molecule has 3 aromatic rings. The topological polar surface area (TPSA) is 103 Å². The van der Waals surface area contributed by atoms with E-state index in [-0.39, 0.29) is 11.5 Å². The maximum atomic E-state index is 12.3. The van der Waals surface area contributed by atoms with Crippen molar-refractivity contribution in [3.63, 3.8) is 0 Å². The maximum absolute atomic E-state index is 12.3. The van der Waals surface area contributed by atoms with Crippen molar-refractivity contribution in [3.05, 3.63) is 87.9 Å². The van der Waals surface area contributed by atoms with Gasteiger partial charge in [0.15, 0.2) is 11.5 Å². The molecule has 33 heavy (non-hydrogen) atoms. The summed E-state index contributed by atoms with van der Waals surface area (Å²) in [5, 5.41) is 3.83. The van der Waals surface area contributed by atoms with E-state index in [0.29, 0.717) is 22.6 Å². The van der Waals surface area contributed by atoms with Gasteiger partial charge in [-0.15, -0.1) is 0 Å². The average Bonchev–Trinajstić information content (AvgIpc) is 2.83. The highest BCUT2D eigenvalue weighted by Gasteiger charge is 2.12. The Kier molecular flexibility index (Phi) is 8.07. The first-order valence-corrected chi connectivity index (χ1v) is 11.9. The second-order valence-corrected chi connectivity index (χ2v) is 9.27. The Labute approximate surface area is 200 Å². The van der Waals surface area contributed by atoms with E-state index in [4.69, 9.17) is 9.47 Å². The third-order valence-corrected chi connectivity index (χ3v) is 6.23. The molecule has 0 fully saturated rings. The normalized spacial score (nSPS) is 11.2. The quantitative estimate of drug-likeness (QED) is 0.252. The molecule has 0 heterocycles. The van der Waals surface area contributed by atoms with Crippen molar-refractivity contribution < 1.29 is 27.4 Å². The van der Waals surface area contributed by atoms with E-state index in [1.165, 1.54) is 32.6 Å². The predicted molar refractivity (Wildman–Crippen MR) is 127 cm³/mol. The van der Waals surface area contributed by atoms with Crippen LogP contribution in [-0.4, -0.2) is 34.8 Å². The molecule has 3 rings (SSSR count). The smallest absolute Gasteiger partial charge is 0.337 e. The number of nitrogens with zero attached hydrogens (tertiary/aromatic N) is 1. The molecule has 172 valence electrons. The van der Waals surface area contributed by atoms with Gasteiger partial charge in [-0.25, -0.2) is 9.63 Å². The van der Waals surface area contributed by atoms with E-state index in [1.807, 2.05) is 0 Å². The zero-order valence-corrected chi connectivity index (χ0v) is 20.2. The number of methoxy groups -OCH3 is 2. The van der Waals surface area contributed by atoms with E-state index in [2.05, 4.69) is 30.6 Å². The number of carbonyl (C=O) groups excluding carboxylic acids is 1. The SMILES string of the molecule is COC(=O)c1ccc(COc2ccc(C=NNS(=O)(=O)c3ccc(Br)cc3)cc2OC)cc1. The number of rotatable bonds is 9. The molecule has 0 spiro atoms. The van der Waals surface area contributed by atoms with Crippen LogP contribution in [-0.2, 0) is 21.4 Å². The summed E-state index contributed by atoms with van der Waals surface area (Å²) in [5.41, 5.74) is 1.93. The average molecular weight is 533 g/mol. The van der Waals surface area contributed by atoms with Crippen LogP contribution < -0.4 is 14.3 Å². The number of hydrazone groups is 1. The first-order chi connectivity index (χ1) is 15.8. The van der Waals surface area contributed by atoms with Crippen LogP contribution in [0.2, 0.25) is 0 Å². The highest BCUT2D eigenvalue weighted by atomic mass is 79.9. The summed E-state index contributed by atoms with van der Waals surface area (Å²) in [7, 11) is -0.939. The molecule has 0 bridgehead atoms. The summed E-state index contributed by atoms with van der Waals surface area (Å²) >= 11 is 3.27. The van der Waals surface area contributed by atoms with E-state index in [0.717, 1.165) is 10.0 Å². The van der Waals surface area contributed by atoms with Crippen molar-refractivity contribution in [2.45, 2.75) is 11.5 Å². The highest BCUT2D eigenvalue weighted by molar-refractivity contribution is 9.10. The number of hydrogen-bond acceptors (Lipinski definition) is 7. The molecule has 0 radical (unpaired) electrons. The van der Waals surface area contributed by atoms with Gasteiger partial charge >= 0.3 is 5.97 Å². The number of hydrogen-bond donors (Lipinski definition) is 1. The molecule has 0 saturated heterocycles. The van der Waals surface area contributed by atoms with Crippen LogP contribution in [0.3, 0.4) is 0 Å². The van der Waals surface area contributed by atoms with Crippen LogP contribution in [0, 0.1) is 0 Å². The third kappa shape index (κ3) is 6.56. The Hall–Kier alpha value is -3.37. The zero-order valence-electron chi connectivity index (χ0n) is 17.8. The van der Waals surface area contributed by atoms with Gasteiger partial charge < -0.3 is 14.2 Å². The summed E-state index contributed by atoms with van der Waals surface area (Å²) < 4.78 is 41.2. The number of esters is 1. The molecule has 0 aliphatic carbocycles. The summed E-state index contributed by atoms with van der Waals surface area (Å²) in [6, 6.07) is 18.2. The lowest BCUT2D eigenvalue weighted by atomic mass is 10.1. The van der Waals surface area contributed by atoms with Gasteiger partial charge in [0.1, 0.15) is 6.61 Å². The van der Waals surface area contributed by atoms with Gasteiger partial charge in [0.25, 0.3) is 10.0 Å². The Bertz CT molecular complexity index is 1240. The van der Waals surface area contributed by atoms with E-state index in [9.17, 15) is 13.2 Å². The predicted octanol–water partition coefficient (Wildman–Crippen LogP) is 4.14.